The summed E-state index contributed by atoms with van der Waals surface area (Å²) in [5.41, 5.74) is 0.579. The molecule has 0 amide bonds. The van der Waals surface area contributed by atoms with E-state index in [1.54, 1.807) is 6.07 Å². The van der Waals surface area contributed by atoms with Crippen molar-refractivity contribution in [2.24, 2.45) is 10.9 Å². The number of hydrogen-bond acceptors (Lipinski definition) is 4. The fraction of sp³-hybridized carbons (Fsp3) is 0.389. The molecular formula is C18H20FN3O. The van der Waals surface area contributed by atoms with Crippen LogP contribution in [0.5, 0.6) is 5.75 Å². The van der Waals surface area contributed by atoms with Crippen molar-refractivity contribution in [1.29, 1.82) is 0 Å². The second kappa shape index (κ2) is 5.81. The highest BCUT2D eigenvalue weighted by Gasteiger charge is 2.33. The van der Waals surface area contributed by atoms with Gasteiger partial charge in [0.2, 0.25) is 0 Å². The Labute approximate surface area is 135 Å². The van der Waals surface area contributed by atoms with Crippen molar-refractivity contribution in [3.63, 3.8) is 0 Å². The molecular weight excluding hydrogens is 293 g/mol. The lowest BCUT2D eigenvalue weighted by Crippen LogP contribution is -2.50. The van der Waals surface area contributed by atoms with Crippen molar-refractivity contribution >= 4 is 11.5 Å². The molecule has 1 saturated heterocycles. The van der Waals surface area contributed by atoms with Crippen molar-refractivity contribution in [3.05, 3.63) is 48.3 Å². The summed E-state index contributed by atoms with van der Waals surface area (Å²) in [5, 5.41) is 0. The van der Waals surface area contributed by atoms with Crippen molar-refractivity contribution < 1.29 is 9.13 Å². The van der Waals surface area contributed by atoms with Crippen LogP contribution in [0.3, 0.4) is 0 Å². The average molecular weight is 313 g/mol. The number of halogens is 1. The third-order valence-corrected chi connectivity index (χ3v) is 4.63. The van der Waals surface area contributed by atoms with Gasteiger partial charge in [-0.2, -0.15) is 0 Å². The number of likely N-dealkylation sites (N-methyl/N-ethyl adjacent to an activating group) is 1. The van der Waals surface area contributed by atoms with Crippen LogP contribution < -0.4 is 4.74 Å². The SMILES string of the molecule is CN1CCN(C2=Nc3cc(F)ccc3OC3C=CC=CC23)CC1. The second-order valence-corrected chi connectivity index (χ2v) is 6.25. The summed E-state index contributed by atoms with van der Waals surface area (Å²) in [6.07, 6.45) is 8.12. The predicted molar refractivity (Wildman–Crippen MR) is 88.8 cm³/mol. The van der Waals surface area contributed by atoms with Gasteiger partial charge in [0.05, 0.1) is 5.92 Å². The Hall–Kier alpha value is -2.14. The first-order valence-corrected chi connectivity index (χ1v) is 8.04. The minimum absolute atomic E-state index is 0.0684. The average Bonchev–Trinajstić information content (AvgIpc) is 2.72. The molecule has 1 aromatic rings. The third-order valence-electron chi connectivity index (χ3n) is 4.63. The highest BCUT2D eigenvalue weighted by Crippen LogP contribution is 2.36. The van der Waals surface area contributed by atoms with Gasteiger partial charge in [-0.3, -0.25) is 0 Å². The van der Waals surface area contributed by atoms with Crippen LogP contribution in [0.1, 0.15) is 0 Å². The normalized spacial score (nSPS) is 26.9. The van der Waals surface area contributed by atoms with Crippen molar-refractivity contribution in [1.82, 2.24) is 9.80 Å². The first-order chi connectivity index (χ1) is 11.2. The molecule has 0 radical (unpaired) electrons. The molecule has 2 unspecified atom stereocenters. The Morgan fingerprint density at radius 3 is 2.74 bits per heavy atom. The molecule has 2 heterocycles. The number of allylic oxidation sites excluding steroid dienone is 2. The highest BCUT2D eigenvalue weighted by molar-refractivity contribution is 5.91. The Kier molecular flexibility index (Phi) is 3.65. The molecule has 0 spiro atoms. The topological polar surface area (TPSA) is 28.1 Å². The lowest BCUT2D eigenvalue weighted by Gasteiger charge is -2.37. The molecule has 0 bridgehead atoms. The summed E-state index contributed by atoms with van der Waals surface area (Å²) in [6, 6.07) is 4.55. The van der Waals surface area contributed by atoms with E-state index in [0.29, 0.717) is 11.4 Å². The summed E-state index contributed by atoms with van der Waals surface area (Å²) < 4.78 is 19.7. The van der Waals surface area contributed by atoms with E-state index in [4.69, 9.17) is 9.73 Å². The number of amidine groups is 1. The van der Waals surface area contributed by atoms with E-state index in [2.05, 4.69) is 29.0 Å². The van der Waals surface area contributed by atoms with Gasteiger partial charge in [-0.25, -0.2) is 9.38 Å². The van der Waals surface area contributed by atoms with Crippen LogP contribution in [0.4, 0.5) is 10.1 Å². The van der Waals surface area contributed by atoms with Gasteiger partial charge in [0, 0.05) is 32.2 Å². The molecule has 1 aromatic carbocycles. The quantitative estimate of drug-likeness (QED) is 0.737. The second-order valence-electron chi connectivity index (χ2n) is 6.25. The van der Waals surface area contributed by atoms with Gasteiger partial charge in [-0.1, -0.05) is 18.2 Å². The van der Waals surface area contributed by atoms with E-state index in [1.165, 1.54) is 12.1 Å². The van der Waals surface area contributed by atoms with Crippen LogP contribution in [0.25, 0.3) is 0 Å². The Bertz CT molecular complexity index is 690. The number of aliphatic imine (C=N–C) groups is 1. The summed E-state index contributed by atoms with van der Waals surface area (Å²) in [6.45, 7) is 3.88. The molecule has 3 aliphatic rings. The zero-order valence-electron chi connectivity index (χ0n) is 13.2. The molecule has 2 aliphatic heterocycles. The van der Waals surface area contributed by atoms with Gasteiger partial charge >= 0.3 is 0 Å². The van der Waals surface area contributed by atoms with E-state index in [-0.39, 0.29) is 17.8 Å². The largest absolute Gasteiger partial charge is 0.483 e. The molecule has 120 valence electrons. The molecule has 5 heteroatoms. The Morgan fingerprint density at radius 1 is 1.13 bits per heavy atom. The molecule has 1 fully saturated rings. The number of ether oxygens (including phenoxy) is 1. The number of fused-ring (bicyclic) bond motifs is 2. The molecule has 2 atom stereocenters. The standard InChI is InChI=1S/C18H20FN3O/c1-21-8-10-22(11-9-21)18-14-4-2-3-5-16(14)23-17-7-6-13(19)12-15(17)20-18/h2-7,12,14,16H,8-11H2,1H3. The summed E-state index contributed by atoms with van der Waals surface area (Å²) in [4.78, 5) is 9.43. The minimum Gasteiger partial charge on any atom is -0.483 e. The molecule has 0 aromatic heterocycles. The molecule has 0 N–H and O–H groups in total. The maximum Gasteiger partial charge on any atom is 0.146 e. The molecule has 1 aliphatic carbocycles. The smallest absolute Gasteiger partial charge is 0.146 e. The van der Waals surface area contributed by atoms with Crippen LogP contribution in [0.15, 0.2) is 47.5 Å². The molecule has 4 rings (SSSR count). The van der Waals surface area contributed by atoms with Crippen LogP contribution in [-0.2, 0) is 0 Å². The summed E-state index contributed by atoms with van der Waals surface area (Å²) in [5.74, 6) is 1.40. The van der Waals surface area contributed by atoms with Gasteiger partial charge < -0.3 is 14.5 Å². The zero-order valence-corrected chi connectivity index (χ0v) is 13.2. The van der Waals surface area contributed by atoms with Crippen LogP contribution in [0, 0.1) is 11.7 Å². The van der Waals surface area contributed by atoms with Gasteiger partial charge in [0.1, 0.15) is 29.2 Å². The van der Waals surface area contributed by atoms with Crippen LogP contribution in [-0.4, -0.2) is 55.0 Å². The maximum absolute atomic E-state index is 13.6. The predicted octanol–water partition coefficient (Wildman–Crippen LogP) is 2.61. The number of piperazine rings is 1. The summed E-state index contributed by atoms with van der Waals surface area (Å²) >= 11 is 0. The lowest BCUT2D eigenvalue weighted by molar-refractivity contribution is 0.194. The van der Waals surface area contributed by atoms with Crippen molar-refractivity contribution in [2.75, 3.05) is 33.2 Å². The first-order valence-electron chi connectivity index (χ1n) is 8.04. The van der Waals surface area contributed by atoms with Crippen LogP contribution in [0.2, 0.25) is 0 Å². The molecule has 0 saturated carbocycles. The number of nitrogens with zero attached hydrogens (tertiary/aromatic N) is 3. The molecule has 23 heavy (non-hydrogen) atoms. The van der Waals surface area contributed by atoms with E-state index in [1.807, 2.05) is 12.2 Å². The highest BCUT2D eigenvalue weighted by atomic mass is 19.1. The number of benzene rings is 1. The van der Waals surface area contributed by atoms with Crippen molar-refractivity contribution in [3.8, 4) is 5.75 Å². The van der Waals surface area contributed by atoms with E-state index in [9.17, 15) is 4.39 Å². The van der Waals surface area contributed by atoms with Gasteiger partial charge in [0.15, 0.2) is 0 Å². The Morgan fingerprint density at radius 2 is 1.91 bits per heavy atom. The summed E-state index contributed by atoms with van der Waals surface area (Å²) in [7, 11) is 2.13. The third kappa shape index (κ3) is 2.77. The Balaban J connectivity index is 1.76. The van der Waals surface area contributed by atoms with Gasteiger partial charge in [-0.05, 0) is 25.3 Å². The number of rotatable bonds is 0. The van der Waals surface area contributed by atoms with E-state index >= 15 is 0 Å². The first kappa shape index (κ1) is 14.5. The minimum atomic E-state index is -0.287. The van der Waals surface area contributed by atoms with Gasteiger partial charge in [-0.15, -0.1) is 0 Å². The molecule has 4 nitrogen and oxygen atoms in total. The maximum atomic E-state index is 13.6. The van der Waals surface area contributed by atoms with E-state index in [0.717, 1.165) is 32.0 Å². The fourth-order valence-electron chi connectivity index (χ4n) is 3.27. The van der Waals surface area contributed by atoms with E-state index < -0.39 is 0 Å². The van der Waals surface area contributed by atoms with Crippen LogP contribution >= 0.6 is 0 Å². The lowest BCUT2D eigenvalue weighted by atomic mass is 9.95. The zero-order chi connectivity index (χ0) is 15.8. The fourth-order valence-corrected chi connectivity index (χ4v) is 3.27. The van der Waals surface area contributed by atoms with Gasteiger partial charge in [0.25, 0.3) is 0 Å². The van der Waals surface area contributed by atoms with Crippen molar-refractivity contribution in [2.45, 2.75) is 6.10 Å². The monoisotopic (exact) mass is 313 g/mol. The number of hydrogen-bond donors (Lipinski definition) is 0.